The average Bonchev–Trinajstić information content (AvgIpc) is 3.34. The second kappa shape index (κ2) is 6.45. The highest BCUT2D eigenvalue weighted by Gasteiger charge is 2.34. The normalized spacial score (nSPS) is 17.5. The second-order valence-corrected chi connectivity index (χ2v) is 7.60. The van der Waals surface area contributed by atoms with Crippen molar-refractivity contribution < 1.29 is 9.21 Å². The number of rotatable bonds is 4. The number of aryl methyl sites for hydroxylation is 1. The monoisotopic (exact) mass is 360 g/mol. The molecule has 0 radical (unpaired) electrons. The van der Waals surface area contributed by atoms with Gasteiger partial charge < -0.3 is 9.32 Å². The Bertz CT molecular complexity index is 840. The number of hydrogen-bond acceptors (Lipinski definition) is 7. The van der Waals surface area contributed by atoms with Crippen molar-refractivity contribution in [3.8, 4) is 10.8 Å². The van der Waals surface area contributed by atoms with Gasteiger partial charge in [0.2, 0.25) is 11.8 Å². The Morgan fingerprint density at radius 2 is 2.33 bits per heavy atom. The molecule has 0 aliphatic carbocycles. The van der Waals surface area contributed by atoms with Crippen LogP contribution in [-0.4, -0.2) is 32.5 Å². The molecule has 1 amide bonds. The van der Waals surface area contributed by atoms with E-state index in [2.05, 4.69) is 15.2 Å². The van der Waals surface area contributed by atoms with Gasteiger partial charge in [0.15, 0.2) is 0 Å². The summed E-state index contributed by atoms with van der Waals surface area (Å²) in [4.78, 5) is 20.7. The molecular weight excluding hydrogens is 344 g/mol. The molecule has 1 aliphatic heterocycles. The molecule has 3 aromatic rings. The van der Waals surface area contributed by atoms with Crippen LogP contribution in [0.25, 0.3) is 10.8 Å². The molecule has 6 nitrogen and oxygen atoms in total. The van der Waals surface area contributed by atoms with Crippen molar-refractivity contribution in [1.82, 2.24) is 20.1 Å². The summed E-state index contributed by atoms with van der Waals surface area (Å²) < 4.78 is 5.87. The lowest BCUT2D eigenvalue weighted by molar-refractivity contribution is -0.131. The summed E-state index contributed by atoms with van der Waals surface area (Å²) >= 11 is 3.09. The van der Waals surface area contributed by atoms with Crippen LogP contribution in [0, 0.1) is 6.92 Å². The summed E-state index contributed by atoms with van der Waals surface area (Å²) in [6, 6.07) is 3.84. The van der Waals surface area contributed by atoms with E-state index in [9.17, 15) is 4.79 Å². The minimum absolute atomic E-state index is 0.119. The van der Waals surface area contributed by atoms with Crippen LogP contribution in [-0.2, 0) is 11.2 Å². The molecule has 1 saturated heterocycles. The first-order chi connectivity index (χ1) is 11.7. The number of thiazole rings is 1. The molecular formula is C16H16N4O2S2. The van der Waals surface area contributed by atoms with Gasteiger partial charge in [-0.3, -0.25) is 4.79 Å². The maximum Gasteiger partial charge on any atom is 0.259 e. The van der Waals surface area contributed by atoms with Gasteiger partial charge in [0, 0.05) is 11.4 Å². The molecule has 8 heteroatoms. The van der Waals surface area contributed by atoms with E-state index < -0.39 is 0 Å². The minimum Gasteiger partial charge on any atom is -0.418 e. The molecule has 0 aromatic carbocycles. The molecule has 4 heterocycles. The highest BCUT2D eigenvalue weighted by Crippen LogP contribution is 2.34. The molecule has 1 atom stereocenters. The second-order valence-electron chi connectivity index (χ2n) is 5.71. The van der Waals surface area contributed by atoms with Gasteiger partial charge in [0.25, 0.3) is 5.89 Å². The zero-order valence-corrected chi connectivity index (χ0v) is 14.8. The SMILES string of the molecule is Cc1ncsc1-c1nnc([C@@H]2CCCN2C(=O)Cc2cccs2)o1. The van der Waals surface area contributed by atoms with Crippen LogP contribution in [0.5, 0.6) is 0 Å². The molecule has 0 spiro atoms. The first-order valence-electron chi connectivity index (χ1n) is 7.78. The number of likely N-dealkylation sites (tertiary alicyclic amines) is 1. The number of carbonyl (C=O) groups is 1. The number of thiophene rings is 1. The fourth-order valence-corrected chi connectivity index (χ4v) is 4.37. The third kappa shape index (κ3) is 2.87. The van der Waals surface area contributed by atoms with Crippen molar-refractivity contribution in [2.45, 2.75) is 32.2 Å². The van der Waals surface area contributed by atoms with Crippen LogP contribution in [0.1, 0.15) is 35.3 Å². The molecule has 3 aromatic heterocycles. The molecule has 24 heavy (non-hydrogen) atoms. The smallest absolute Gasteiger partial charge is 0.259 e. The first kappa shape index (κ1) is 15.5. The van der Waals surface area contributed by atoms with Gasteiger partial charge in [-0.05, 0) is 31.2 Å². The highest BCUT2D eigenvalue weighted by molar-refractivity contribution is 7.13. The largest absolute Gasteiger partial charge is 0.418 e. The Labute approximate surface area is 147 Å². The number of carbonyl (C=O) groups excluding carboxylic acids is 1. The van der Waals surface area contributed by atoms with Crippen molar-refractivity contribution in [2.75, 3.05) is 6.54 Å². The number of amides is 1. The topological polar surface area (TPSA) is 72.1 Å². The summed E-state index contributed by atoms with van der Waals surface area (Å²) in [6.45, 7) is 2.66. The Morgan fingerprint density at radius 3 is 3.08 bits per heavy atom. The minimum atomic E-state index is -0.119. The summed E-state index contributed by atoms with van der Waals surface area (Å²) in [5.41, 5.74) is 2.65. The van der Waals surface area contributed by atoms with Gasteiger partial charge in [-0.15, -0.1) is 32.9 Å². The van der Waals surface area contributed by atoms with Gasteiger partial charge in [-0.25, -0.2) is 4.98 Å². The van der Waals surface area contributed by atoms with E-state index in [1.165, 1.54) is 11.3 Å². The van der Waals surface area contributed by atoms with E-state index in [1.807, 2.05) is 29.3 Å². The number of aromatic nitrogens is 3. The third-order valence-electron chi connectivity index (χ3n) is 4.14. The Hall–Kier alpha value is -2.06. The van der Waals surface area contributed by atoms with E-state index in [-0.39, 0.29) is 11.9 Å². The standard InChI is InChI=1S/C16H16N4O2S2/c1-10-14(24-9-17-10)16-19-18-15(22-16)12-5-2-6-20(12)13(21)8-11-4-3-7-23-11/h3-4,7,9,12H,2,5-6,8H2,1H3/t12-/m0/s1. The maximum absolute atomic E-state index is 12.6. The number of hydrogen-bond donors (Lipinski definition) is 0. The van der Waals surface area contributed by atoms with Crippen LogP contribution < -0.4 is 0 Å². The van der Waals surface area contributed by atoms with E-state index in [1.54, 1.807) is 16.8 Å². The first-order valence-corrected chi connectivity index (χ1v) is 9.54. The molecule has 0 bridgehead atoms. The van der Waals surface area contributed by atoms with Crippen molar-refractivity contribution in [2.24, 2.45) is 0 Å². The van der Waals surface area contributed by atoms with E-state index in [4.69, 9.17) is 4.42 Å². The van der Waals surface area contributed by atoms with Gasteiger partial charge in [-0.1, -0.05) is 6.07 Å². The predicted octanol–water partition coefficient (Wildman–Crippen LogP) is 3.47. The van der Waals surface area contributed by atoms with Crippen molar-refractivity contribution >= 4 is 28.6 Å². The zero-order valence-electron chi connectivity index (χ0n) is 13.1. The highest BCUT2D eigenvalue weighted by atomic mass is 32.1. The van der Waals surface area contributed by atoms with Crippen molar-refractivity contribution in [3.05, 3.63) is 39.5 Å². The lowest BCUT2D eigenvalue weighted by Crippen LogP contribution is -2.31. The van der Waals surface area contributed by atoms with E-state index >= 15 is 0 Å². The maximum atomic E-state index is 12.6. The molecule has 124 valence electrons. The zero-order chi connectivity index (χ0) is 16.5. The molecule has 1 aliphatic rings. The van der Waals surface area contributed by atoms with Crippen LogP contribution in [0.2, 0.25) is 0 Å². The molecule has 0 unspecified atom stereocenters. The predicted molar refractivity (Wildman–Crippen MR) is 91.9 cm³/mol. The third-order valence-corrected chi connectivity index (χ3v) is 5.94. The fourth-order valence-electron chi connectivity index (χ4n) is 2.95. The van der Waals surface area contributed by atoms with Crippen LogP contribution in [0.15, 0.2) is 27.4 Å². The van der Waals surface area contributed by atoms with Gasteiger partial charge in [0.1, 0.15) is 10.9 Å². The fraction of sp³-hybridized carbons (Fsp3) is 0.375. The van der Waals surface area contributed by atoms with Gasteiger partial charge >= 0.3 is 0 Å². The average molecular weight is 360 g/mol. The molecule has 4 rings (SSSR count). The Kier molecular flexibility index (Phi) is 4.15. The summed E-state index contributed by atoms with van der Waals surface area (Å²) in [5.74, 6) is 1.13. The summed E-state index contributed by atoms with van der Waals surface area (Å²) in [7, 11) is 0. The summed E-state index contributed by atoms with van der Waals surface area (Å²) in [5, 5.41) is 10.3. The Balaban J connectivity index is 1.54. The lowest BCUT2D eigenvalue weighted by Gasteiger charge is -2.21. The van der Waals surface area contributed by atoms with Crippen LogP contribution >= 0.6 is 22.7 Å². The van der Waals surface area contributed by atoms with E-state index in [0.29, 0.717) is 18.2 Å². The summed E-state index contributed by atoms with van der Waals surface area (Å²) in [6.07, 6.45) is 2.25. The lowest BCUT2D eigenvalue weighted by atomic mass is 10.2. The molecule has 0 N–H and O–H groups in total. The number of nitrogens with zero attached hydrogens (tertiary/aromatic N) is 4. The van der Waals surface area contributed by atoms with Crippen molar-refractivity contribution in [1.29, 1.82) is 0 Å². The Morgan fingerprint density at radius 1 is 1.42 bits per heavy atom. The van der Waals surface area contributed by atoms with Crippen molar-refractivity contribution in [3.63, 3.8) is 0 Å². The van der Waals surface area contributed by atoms with Gasteiger partial charge in [-0.2, -0.15) is 0 Å². The van der Waals surface area contributed by atoms with Gasteiger partial charge in [0.05, 0.1) is 17.6 Å². The van der Waals surface area contributed by atoms with Crippen LogP contribution in [0.4, 0.5) is 0 Å². The molecule has 0 saturated carbocycles. The quantitative estimate of drug-likeness (QED) is 0.712. The van der Waals surface area contributed by atoms with E-state index in [0.717, 1.165) is 34.8 Å². The molecule has 1 fully saturated rings. The van der Waals surface area contributed by atoms with Crippen LogP contribution in [0.3, 0.4) is 0 Å².